The van der Waals surface area contributed by atoms with Gasteiger partial charge in [0.2, 0.25) is 0 Å². The molecule has 0 aliphatic heterocycles. The third kappa shape index (κ3) is 5.10. The van der Waals surface area contributed by atoms with Gasteiger partial charge in [-0.3, -0.25) is 0 Å². The van der Waals surface area contributed by atoms with Crippen LogP contribution < -0.4 is 5.32 Å². The fourth-order valence-electron chi connectivity index (χ4n) is 1.40. The Balaban J connectivity index is 3.90. The van der Waals surface area contributed by atoms with Crippen LogP contribution >= 0.6 is 0 Å². The van der Waals surface area contributed by atoms with Gasteiger partial charge in [-0.15, -0.1) is 0 Å². The van der Waals surface area contributed by atoms with Crippen molar-refractivity contribution in [1.29, 1.82) is 0 Å². The topological polar surface area (TPSA) is 32.3 Å². The summed E-state index contributed by atoms with van der Waals surface area (Å²) in [5.41, 5.74) is 0. The molecule has 1 N–H and O–H groups in total. The number of urea groups is 1. The summed E-state index contributed by atoms with van der Waals surface area (Å²) in [5.74, 6) is 0.631. The SMILES string of the molecule is CCCNC(=O)N(C)C(C)CC(C)C. The van der Waals surface area contributed by atoms with Crippen molar-refractivity contribution in [2.24, 2.45) is 5.92 Å². The summed E-state index contributed by atoms with van der Waals surface area (Å²) in [5, 5.41) is 2.87. The van der Waals surface area contributed by atoms with E-state index in [0.717, 1.165) is 19.4 Å². The number of nitrogens with zero attached hydrogens (tertiary/aromatic N) is 1. The number of carbonyl (C=O) groups is 1. The summed E-state index contributed by atoms with van der Waals surface area (Å²) in [7, 11) is 1.86. The van der Waals surface area contributed by atoms with Crippen molar-refractivity contribution in [1.82, 2.24) is 10.2 Å². The molecule has 0 aromatic carbocycles. The molecule has 84 valence electrons. The minimum Gasteiger partial charge on any atom is -0.338 e. The van der Waals surface area contributed by atoms with Gasteiger partial charge in [0.25, 0.3) is 0 Å². The molecule has 0 heterocycles. The van der Waals surface area contributed by atoms with Gasteiger partial charge < -0.3 is 10.2 Å². The van der Waals surface area contributed by atoms with Gasteiger partial charge >= 0.3 is 6.03 Å². The summed E-state index contributed by atoms with van der Waals surface area (Å²) in [6, 6.07) is 0.354. The Hall–Kier alpha value is -0.730. The van der Waals surface area contributed by atoms with Gasteiger partial charge in [0.05, 0.1) is 0 Å². The first kappa shape index (κ1) is 13.3. The number of hydrogen-bond donors (Lipinski definition) is 1. The molecule has 14 heavy (non-hydrogen) atoms. The molecule has 0 fully saturated rings. The number of amides is 2. The third-order valence-electron chi connectivity index (χ3n) is 2.32. The van der Waals surface area contributed by atoms with Gasteiger partial charge in [-0.2, -0.15) is 0 Å². The fourth-order valence-corrected chi connectivity index (χ4v) is 1.40. The largest absolute Gasteiger partial charge is 0.338 e. The minimum absolute atomic E-state index is 0.0417. The zero-order chi connectivity index (χ0) is 11.1. The molecular formula is C11H24N2O. The van der Waals surface area contributed by atoms with Crippen molar-refractivity contribution in [3.05, 3.63) is 0 Å². The van der Waals surface area contributed by atoms with E-state index in [2.05, 4.69) is 33.0 Å². The molecule has 3 heteroatoms. The molecule has 0 bridgehead atoms. The predicted molar refractivity (Wildman–Crippen MR) is 60.4 cm³/mol. The highest BCUT2D eigenvalue weighted by atomic mass is 16.2. The molecule has 1 unspecified atom stereocenters. The average molecular weight is 200 g/mol. The molecule has 0 aromatic rings. The van der Waals surface area contributed by atoms with Crippen LogP contribution in [0.1, 0.15) is 40.5 Å². The van der Waals surface area contributed by atoms with Crippen LogP contribution in [0.3, 0.4) is 0 Å². The smallest absolute Gasteiger partial charge is 0.317 e. The molecule has 0 radical (unpaired) electrons. The van der Waals surface area contributed by atoms with Crippen molar-refractivity contribution in [3.63, 3.8) is 0 Å². The zero-order valence-corrected chi connectivity index (χ0v) is 10.1. The summed E-state index contributed by atoms with van der Waals surface area (Å²) >= 11 is 0. The monoisotopic (exact) mass is 200 g/mol. The van der Waals surface area contributed by atoms with Gasteiger partial charge in [-0.25, -0.2) is 4.79 Å². The lowest BCUT2D eigenvalue weighted by atomic mass is 10.0. The van der Waals surface area contributed by atoms with Crippen LogP contribution in [0.2, 0.25) is 0 Å². The highest BCUT2D eigenvalue weighted by Crippen LogP contribution is 2.09. The van der Waals surface area contributed by atoms with Gasteiger partial charge in [0, 0.05) is 19.6 Å². The van der Waals surface area contributed by atoms with Crippen LogP contribution in [0.25, 0.3) is 0 Å². The Labute approximate surface area is 87.9 Å². The summed E-state index contributed by atoms with van der Waals surface area (Å²) in [6.07, 6.45) is 2.04. The van der Waals surface area contributed by atoms with E-state index in [4.69, 9.17) is 0 Å². The molecule has 0 spiro atoms. The maximum Gasteiger partial charge on any atom is 0.317 e. The van der Waals surface area contributed by atoms with E-state index in [-0.39, 0.29) is 6.03 Å². The molecule has 1 atom stereocenters. The maximum atomic E-state index is 11.5. The Morgan fingerprint density at radius 2 is 1.93 bits per heavy atom. The van der Waals surface area contributed by atoms with E-state index in [1.165, 1.54) is 0 Å². The molecule has 2 amide bonds. The van der Waals surface area contributed by atoms with Crippen LogP contribution in [0.5, 0.6) is 0 Å². The van der Waals surface area contributed by atoms with Crippen molar-refractivity contribution < 1.29 is 4.79 Å². The van der Waals surface area contributed by atoms with E-state index in [1.54, 1.807) is 4.90 Å². The summed E-state index contributed by atoms with van der Waals surface area (Å²) < 4.78 is 0. The standard InChI is InChI=1S/C11H24N2O/c1-6-7-12-11(14)13(5)10(4)8-9(2)3/h9-10H,6-8H2,1-5H3,(H,12,14). The Morgan fingerprint density at radius 3 is 2.36 bits per heavy atom. The highest BCUT2D eigenvalue weighted by molar-refractivity contribution is 5.74. The molecule has 3 nitrogen and oxygen atoms in total. The van der Waals surface area contributed by atoms with Crippen molar-refractivity contribution in [2.45, 2.75) is 46.6 Å². The highest BCUT2D eigenvalue weighted by Gasteiger charge is 2.15. The van der Waals surface area contributed by atoms with E-state index in [0.29, 0.717) is 12.0 Å². The van der Waals surface area contributed by atoms with Gasteiger partial charge in [-0.05, 0) is 25.7 Å². The fraction of sp³-hybridized carbons (Fsp3) is 0.909. The van der Waals surface area contributed by atoms with Gasteiger partial charge in [0.15, 0.2) is 0 Å². The van der Waals surface area contributed by atoms with E-state index in [9.17, 15) is 4.79 Å². The van der Waals surface area contributed by atoms with E-state index in [1.807, 2.05) is 7.05 Å². The van der Waals surface area contributed by atoms with Gasteiger partial charge in [0.1, 0.15) is 0 Å². The normalized spacial score (nSPS) is 12.7. The second kappa shape index (κ2) is 6.68. The van der Waals surface area contributed by atoms with E-state index >= 15 is 0 Å². The molecule has 0 aromatic heterocycles. The minimum atomic E-state index is 0.0417. The van der Waals surface area contributed by atoms with Crippen molar-refractivity contribution in [2.75, 3.05) is 13.6 Å². The van der Waals surface area contributed by atoms with Crippen LogP contribution in [-0.2, 0) is 0 Å². The van der Waals surface area contributed by atoms with E-state index < -0.39 is 0 Å². The number of nitrogens with one attached hydrogen (secondary N) is 1. The number of carbonyl (C=O) groups excluding carboxylic acids is 1. The first-order valence-corrected chi connectivity index (χ1v) is 5.49. The molecule has 0 aliphatic carbocycles. The Bertz CT molecular complexity index is 169. The van der Waals surface area contributed by atoms with Crippen LogP contribution in [0, 0.1) is 5.92 Å². The Kier molecular flexibility index (Phi) is 6.34. The second-order valence-corrected chi connectivity index (χ2v) is 4.32. The number of rotatable bonds is 5. The molecule has 0 saturated heterocycles. The molecule has 0 rings (SSSR count). The molecular weight excluding hydrogens is 176 g/mol. The zero-order valence-electron chi connectivity index (χ0n) is 10.1. The maximum absolute atomic E-state index is 11.5. The van der Waals surface area contributed by atoms with Crippen LogP contribution in [-0.4, -0.2) is 30.6 Å². The first-order valence-electron chi connectivity index (χ1n) is 5.49. The summed E-state index contributed by atoms with van der Waals surface area (Å²) in [6.45, 7) is 9.25. The average Bonchev–Trinajstić information content (AvgIpc) is 2.11. The Morgan fingerprint density at radius 1 is 1.36 bits per heavy atom. The van der Waals surface area contributed by atoms with Crippen molar-refractivity contribution >= 4 is 6.03 Å². The van der Waals surface area contributed by atoms with Crippen molar-refractivity contribution in [3.8, 4) is 0 Å². The lowest BCUT2D eigenvalue weighted by Crippen LogP contribution is -2.43. The predicted octanol–water partition coefficient (Wildman–Crippen LogP) is 2.47. The lowest BCUT2D eigenvalue weighted by Gasteiger charge is -2.26. The molecule has 0 aliphatic rings. The third-order valence-corrected chi connectivity index (χ3v) is 2.32. The molecule has 0 saturated carbocycles. The van der Waals surface area contributed by atoms with Crippen LogP contribution in [0.4, 0.5) is 4.79 Å². The second-order valence-electron chi connectivity index (χ2n) is 4.32. The van der Waals surface area contributed by atoms with Gasteiger partial charge in [-0.1, -0.05) is 20.8 Å². The number of hydrogen-bond acceptors (Lipinski definition) is 1. The first-order chi connectivity index (χ1) is 6.49. The van der Waals surface area contributed by atoms with Crippen LogP contribution in [0.15, 0.2) is 0 Å². The summed E-state index contributed by atoms with van der Waals surface area (Å²) in [4.78, 5) is 13.3. The quantitative estimate of drug-likeness (QED) is 0.726. The lowest BCUT2D eigenvalue weighted by molar-refractivity contribution is 0.187.